The molecular weight excluding hydrogens is 272 g/mol. The summed E-state index contributed by atoms with van der Waals surface area (Å²) in [7, 11) is 0. The summed E-state index contributed by atoms with van der Waals surface area (Å²) in [6.45, 7) is 0.976. The molecular formula is C14H22N4O3. The fourth-order valence-corrected chi connectivity index (χ4v) is 2.95. The molecule has 1 aliphatic carbocycles. The van der Waals surface area contributed by atoms with E-state index in [9.17, 15) is 9.59 Å². The van der Waals surface area contributed by atoms with Crippen molar-refractivity contribution in [3.05, 3.63) is 16.3 Å². The molecule has 1 fully saturated rings. The van der Waals surface area contributed by atoms with Gasteiger partial charge in [0.1, 0.15) is 12.4 Å². The molecule has 1 saturated carbocycles. The second-order valence-corrected chi connectivity index (χ2v) is 5.86. The van der Waals surface area contributed by atoms with Crippen LogP contribution in [0.1, 0.15) is 37.9 Å². The van der Waals surface area contributed by atoms with Crippen molar-refractivity contribution in [3.63, 3.8) is 0 Å². The molecule has 3 rings (SSSR count). The van der Waals surface area contributed by atoms with E-state index < -0.39 is 0 Å². The van der Waals surface area contributed by atoms with E-state index in [2.05, 4.69) is 5.10 Å². The number of aromatic nitrogens is 3. The van der Waals surface area contributed by atoms with Gasteiger partial charge in [0.25, 0.3) is 0 Å². The molecule has 1 aromatic heterocycles. The minimum Gasteiger partial charge on any atom is -0.395 e. The molecule has 0 radical (unpaired) electrons. The molecule has 0 saturated heterocycles. The van der Waals surface area contributed by atoms with E-state index in [4.69, 9.17) is 5.11 Å². The van der Waals surface area contributed by atoms with E-state index in [1.807, 2.05) is 0 Å². The SMILES string of the molecule is O=C(Cn1nc2n(c1=O)CCCCC2)N(CCO)C1CC1. The fourth-order valence-electron chi connectivity index (χ4n) is 2.95. The second kappa shape index (κ2) is 6.01. The number of aliphatic hydroxyl groups excluding tert-OH is 1. The van der Waals surface area contributed by atoms with Crippen LogP contribution in [0, 0.1) is 0 Å². The molecule has 0 bridgehead atoms. The van der Waals surface area contributed by atoms with Gasteiger partial charge >= 0.3 is 5.69 Å². The van der Waals surface area contributed by atoms with Gasteiger partial charge in [-0.25, -0.2) is 9.48 Å². The van der Waals surface area contributed by atoms with Crippen LogP contribution in [-0.4, -0.2) is 49.5 Å². The standard InChI is InChI=1S/C14H22N4O3/c19-9-8-16(11-5-6-11)13(20)10-18-14(21)17-7-3-1-2-4-12(17)15-18/h11,19H,1-10H2. The lowest BCUT2D eigenvalue weighted by molar-refractivity contribution is -0.133. The van der Waals surface area contributed by atoms with Gasteiger partial charge in [0.05, 0.1) is 6.61 Å². The highest BCUT2D eigenvalue weighted by Crippen LogP contribution is 2.26. The molecule has 2 aliphatic rings. The average Bonchev–Trinajstić information content (AvgIpc) is 3.27. The lowest BCUT2D eigenvalue weighted by Crippen LogP contribution is -2.40. The largest absolute Gasteiger partial charge is 0.395 e. The van der Waals surface area contributed by atoms with Crippen LogP contribution in [0.5, 0.6) is 0 Å². The van der Waals surface area contributed by atoms with Crippen molar-refractivity contribution in [2.75, 3.05) is 13.2 Å². The van der Waals surface area contributed by atoms with Crippen molar-refractivity contribution in [1.82, 2.24) is 19.2 Å². The van der Waals surface area contributed by atoms with Gasteiger partial charge in [0, 0.05) is 25.6 Å². The number of fused-ring (bicyclic) bond motifs is 1. The van der Waals surface area contributed by atoms with Crippen LogP contribution in [-0.2, 0) is 24.3 Å². The zero-order valence-electron chi connectivity index (χ0n) is 12.2. The number of amides is 1. The van der Waals surface area contributed by atoms with E-state index in [1.165, 1.54) is 4.68 Å². The van der Waals surface area contributed by atoms with Crippen molar-refractivity contribution in [2.45, 2.75) is 57.7 Å². The number of nitrogens with zero attached hydrogens (tertiary/aromatic N) is 4. The third-order valence-corrected chi connectivity index (χ3v) is 4.22. The molecule has 2 heterocycles. The first-order valence-electron chi connectivity index (χ1n) is 7.77. The average molecular weight is 294 g/mol. The van der Waals surface area contributed by atoms with Gasteiger partial charge < -0.3 is 10.0 Å². The predicted molar refractivity (Wildman–Crippen MR) is 75.9 cm³/mol. The Balaban J connectivity index is 1.75. The van der Waals surface area contributed by atoms with Crippen LogP contribution >= 0.6 is 0 Å². The van der Waals surface area contributed by atoms with Crippen LogP contribution in [0.25, 0.3) is 0 Å². The van der Waals surface area contributed by atoms with Crippen molar-refractivity contribution < 1.29 is 9.90 Å². The number of hydrogen-bond acceptors (Lipinski definition) is 4. The highest BCUT2D eigenvalue weighted by molar-refractivity contribution is 5.76. The minimum atomic E-state index is -0.181. The first kappa shape index (κ1) is 14.3. The van der Waals surface area contributed by atoms with Crippen LogP contribution < -0.4 is 5.69 Å². The van der Waals surface area contributed by atoms with Gasteiger partial charge in [0.2, 0.25) is 5.91 Å². The molecule has 0 atom stereocenters. The van der Waals surface area contributed by atoms with Crippen LogP contribution in [0.15, 0.2) is 4.79 Å². The summed E-state index contributed by atoms with van der Waals surface area (Å²) in [4.78, 5) is 26.3. The molecule has 1 amide bonds. The first-order chi connectivity index (χ1) is 10.2. The number of aryl methyl sites for hydroxylation is 1. The van der Waals surface area contributed by atoms with Crippen LogP contribution in [0.2, 0.25) is 0 Å². The molecule has 0 spiro atoms. The lowest BCUT2D eigenvalue weighted by atomic mass is 10.2. The van der Waals surface area contributed by atoms with Crippen molar-refractivity contribution >= 4 is 5.91 Å². The molecule has 1 aliphatic heterocycles. The third-order valence-electron chi connectivity index (χ3n) is 4.22. The summed E-state index contributed by atoms with van der Waals surface area (Å²) >= 11 is 0. The number of carbonyl (C=O) groups excluding carboxylic acids is 1. The summed E-state index contributed by atoms with van der Waals surface area (Å²) in [5.41, 5.74) is -0.181. The zero-order chi connectivity index (χ0) is 14.8. The summed E-state index contributed by atoms with van der Waals surface area (Å²) in [6, 6.07) is 0.237. The van der Waals surface area contributed by atoms with Crippen molar-refractivity contribution in [3.8, 4) is 0 Å². The van der Waals surface area contributed by atoms with Crippen molar-refractivity contribution in [2.24, 2.45) is 0 Å². The van der Waals surface area contributed by atoms with E-state index in [0.717, 1.165) is 44.3 Å². The Hall–Kier alpha value is -1.63. The molecule has 1 aromatic rings. The molecule has 0 unspecified atom stereocenters. The third kappa shape index (κ3) is 3.02. The molecule has 1 N–H and O–H groups in total. The first-order valence-corrected chi connectivity index (χ1v) is 7.77. The maximum absolute atomic E-state index is 12.3. The summed E-state index contributed by atoms with van der Waals surface area (Å²) in [6.07, 6.45) is 5.93. The Morgan fingerprint density at radius 2 is 2.14 bits per heavy atom. The van der Waals surface area contributed by atoms with Gasteiger partial charge in [-0.2, -0.15) is 5.10 Å². The Bertz CT molecular complexity index is 573. The van der Waals surface area contributed by atoms with E-state index in [1.54, 1.807) is 9.47 Å². The Morgan fingerprint density at radius 1 is 1.33 bits per heavy atom. The number of aliphatic hydroxyl groups is 1. The van der Waals surface area contributed by atoms with Gasteiger partial charge in [-0.15, -0.1) is 0 Å². The second-order valence-electron chi connectivity index (χ2n) is 5.86. The maximum atomic E-state index is 12.3. The Morgan fingerprint density at radius 3 is 2.86 bits per heavy atom. The van der Waals surface area contributed by atoms with Gasteiger partial charge in [-0.3, -0.25) is 9.36 Å². The van der Waals surface area contributed by atoms with E-state index >= 15 is 0 Å². The summed E-state index contributed by atoms with van der Waals surface area (Å²) in [5.74, 6) is 0.673. The van der Waals surface area contributed by atoms with Gasteiger partial charge in [-0.1, -0.05) is 6.42 Å². The maximum Gasteiger partial charge on any atom is 0.346 e. The Kier molecular flexibility index (Phi) is 4.10. The highest BCUT2D eigenvalue weighted by Gasteiger charge is 2.32. The molecule has 116 valence electrons. The number of rotatable bonds is 5. The monoisotopic (exact) mass is 294 g/mol. The highest BCUT2D eigenvalue weighted by atomic mass is 16.3. The topological polar surface area (TPSA) is 80.4 Å². The fraction of sp³-hybridized carbons (Fsp3) is 0.786. The normalized spacial score (nSPS) is 18.1. The zero-order valence-corrected chi connectivity index (χ0v) is 12.2. The van der Waals surface area contributed by atoms with Crippen LogP contribution in [0.4, 0.5) is 0 Å². The van der Waals surface area contributed by atoms with Crippen molar-refractivity contribution in [1.29, 1.82) is 0 Å². The molecule has 7 heteroatoms. The smallest absolute Gasteiger partial charge is 0.346 e. The lowest BCUT2D eigenvalue weighted by Gasteiger charge is -2.20. The van der Waals surface area contributed by atoms with Gasteiger partial charge in [-0.05, 0) is 25.7 Å². The molecule has 0 aromatic carbocycles. The summed E-state index contributed by atoms with van der Waals surface area (Å²) < 4.78 is 2.99. The van der Waals surface area contributed by atoms with E-state index in [0.29, 0.717) is 13.1 Å². The number of hydrogen-bond donors (Lipinski definition) is 1. The quantitative estimate of drug-likeness (QED) is 0.812. The molecule has 7 nitrogen and oxygen atoms in total. The summed E-state index contributed by atoms with van der Waals surface area (Å²) in [5, 5.41) is 13.4. The van der Waals surface area contributed by atoms with Gasteiger partial charge in [0.15, 0.2) is 0 Å². The minimum absolute atomic E-state index is 0.0185. The number of carbonyl (C=O) groups is 1. The van der Waals surface area contributed by atoms with Crippen LogP contribution in [0.3, 0.4) is 0 Å². The predicted octanol–water partition coefficient (Wildman–Crippen LogP) is -0.245. The van der Waals surface area contributed by atoms with E-state index in [-0.39, 0.29) is 30.8 Å². The Labute approximate surface area is 123 Å². The molecule has 21 heavy (non-hydrogen) atoms.